The fraction of sp³-hybridized carbons (Fsp3) is 0.714. The van der Waals surface area contributed by atoms with Crippen LogP contribution >= 0.6 is 11.8 Å². The number of nitrogens with zero attached hydrogens (tertiary/aromatic N) is 2. The number of thioether (sulfide) groups is 1. The van der Waals surface area contributed by atoms with Gasteiger partial charge in [-0.1, -0.05) is 11.8 Å². The van der Waals surface area contributed by atoms with Crippen molar-refractivity contribution in [2.24, 2.45) is 5.10 Å². The number of urea groups is 1. The van der Waals surface area contributed by atoms with Crippen LogP contribution < -0.4 is 5.32 Å². The number of fused-ring (bicyclic) bond motifs is 1. The molecule has 0 aromatic rings. The number of rotatable bonds is 0. The van der Waals surface area contributed by atoms with Gasteiger partial charge in [-0.2, -0.15) is 23.3 Å². The number of nitrogens with one attached hydrogen (secondary N) is 1. The van der Waals surface area contributed by atoms with Gasteiger partial charge in [0, 0.05) is 0 Å². The van der Waals surface area contributed by atoms with Gasteiger partial charge in [-0.3, -0.25) is 0 Å². The Bertz CT molecular complexity index is 352. The Labute approximate surface area is 87.9 Å². The number of alkyl halides is 3. The maximum absolute atomic E-state index is 12.3. The summed E-state index contributed by atoms with van der Waals surface area (Å²) in [6, 6.07) is -0.586. The van der Waals surface area contributed by atoms with Crippen molar-refractivity contribution in [3.05, 3.63) is 0 Å². The maximum atomic E-state index is 12.3. The number of halogens is 3. The lowest BCUT2D eigenvalue weighted by Gasteiger charge is -2.22. The van der Waals surface area contributed by atoms with Crippen LogP contribution in [0.1, 0.15) is 13.8 Å². The summed E-state index contributed by atoms with van der Waals surface area (Å²) in [4.78, 5) is 11.3. The first-order chi connectivity index (χ1) is 6.72. The van der Waals surface area contributed by atoms with Crippen LogP contribution in [0.15, 0.2) is 5.10 Å². The third kappa shape index (κ3) is 1.56. The van der Waals surface area contributed by atoms with Crippen LogP contribution in [0.3, 0.4) is 0 Å². The zero-order valence-corrected chi connectivity index (χ0v) is 8.74. The van der Waals surface area contributed by atoms with E-state index in [-0.39, 0.29) is 0 Å². The van der Waals surface area contributed by atoms with E-state index in [1.165, 1.54) is 0 Å². The molecular formula is C7H8F3N3OS. The summed E-state index contributed by atoms with van der Waals surface area (Å²) in [7, 11) is 0. The first-order valence-electron chi connectivity index (χ1n) is 4.15. The van der Waals surface area contributed by atoms with Gasteiger partial charge in [0.1, 0.15) is 5.37 Å². The van der Waals surface area contributed by atoms with E-state index in [1.807, 2.05) is 0 Å². The number of hydrazone groups is 1. The standard InChI is InChI=1S/C7H8F3N3OS/c1-6(2)4-13(5(14)11-6)12-3(15-4)7(8,9)10/h4H,1-2H3,(H,11,14)/t4-/m0/s1. The molecule has 1 fully saturated rings. The number of carbonyl (C=O) groups excluding carboxylic acids is 1. The Kier molecular flexibility index (Phi) is 1.98. The molecule has 2 heterocycles. The summed E-state index contributed by atoms with van der Waals surface area (Å²) >= 11 is 0.566. The number of amides is 2. The molecule has 0 aromatic carbocycles. The van der Waals surface area contributed by atoms with Crippen molar-refractivity contribution in [2.75, 3.05) is 0 Å². The molecule has 0 spiro atoms. The summed E-state index contributed by atoms with van der Waals surface area (Å²) in [6.45, 7) is 3.33. The van der Waals surface area contributed by atoms with Crippen molar-refractivity contribution in [2.45, 2.75) is 30.9 Å². The zero-order chi connectivity index (χ0) is 11.4. The van der Waals surface area contributed by atoms with Gasteiger partial charge in [-0.25, -0.2) is 4.79 Å². The van der Waals surface area contributed by atoms with Crippen molar-refractivity contribution in [3.63, 3.8) is 0 Å². The van der Waals surface area contributed by atoms with E-state index in [0.717, 1.165) is 5.01 Å². The average Bonchev–Trinajstić information content (AvgIpc) is 2.51. The van der Waals surface area contributed by atoms with Crippen LogP contribution in [-0.2, 0) is 0 Å². The number of hydrogen-bond acceptors (Lipinski definition) is 3. The van der Waals surface area contributed by atoms with Crippen LogP contribution in [0, 0.1) is 0 Å². The number of carbonyl (C=O) groups is 1. The Morgan fingerprint density at radius 3 is 2.60 bits per heavy atom. The quantitative estimate of drug-likeness (QED) is 0.699. The molecule has 15 heavy (non-hydrogen) atoms. The molecule has 0 radical (unpaired) electrons. The van der Waals surface area contributed by atoms with Crippen molar-refractivity contribution in [3.8, 4) is 0 Å². The van der Waals surface area contributed by atoms with Crippen molar-refractivity contribution >= 4 is 22.8 Å². The predicted molar refractivity (Wildman–Crippen MR) is 49.3 cm³/mol. The van der Waals surface area contributed by atoms with Crippen LogP contribution in [0.4, 0.5) is 18.0 Å². The third-order valence-electron chi connectivity index (χ3n) is 2.14. The van der Waals surface area contributed by atoms with Gasteiger partial charge in [0.25, 0.3) is 0 Å². The fourth-order valence-corrected chi connectivity index (χ4v) is 2.53. The highest BCUT2D eigenvalue weighted by molar-refractivity contribution is 8.14. The third-order valence-corrected chi connectivity index (χ3v) is 3.69. The first-order valence-corrected chi connectivity index (χ1v) is 5.03. The second-order valence-electron chi connectivity index (χ2n) is 3.87. The molecule has 2 aliphatic heterocycles. The van der Waals surface area contributed by atoms with E-state index in [0.29, 0.717) is 11.8 Å². The Morgan fingerprint density at radius 2 is 2.13 bits per heavy atom. The second-order valence-corrected chi connectivity index (χ2v) is 4.94. The lowest BCUT2D eigenvalue weighted by Crippen LogP contribution is -2.41. The highest BCUT2D eigenvalue weighted by Gasteiger charge is 2.54. The van der Waals surface area contributed by atoms with E-state index in [9.17, 15) is 18.0 Å². The van der Waals surface area contributed by atoms with E-state index in [2.05, 4.69) is 10.4 Å². The summed E-state index contributed by atoms with van der Waals surface area (Å²) < 4.78 is 37.0. The molecule has 2 amide bonds. The van der Waals surface area contributed by atoms with Crippen LogP contribution in [0.2, 0.25) is 0 Å². The molecular weight excluding hydrogens is 231 g/mol. The van der Waals surface area contributed by atoms with Crippen molar-refractivity contribution in [1.29, 1.82) is 0 Å². The highest BCUT2D eigenvalue weighted by atomic mass is 32.2. The lowest BCUT2D eigenvalue weighted by molar-refractivity contribution is -0.0559. The molecule has 1 saturated heterocycles. The molecule has 0 unspecified atom stereocenters. The van der Waals surface area contributed by atoms with Gasteiger partial charge in [0.2, 0.25) is 5.04 Å². The van der Waals surface area contributed by atoms with Crippen LogP contribution in [0.5, 0.6) is 0 Å². The highest BCUT2D eigenvalue weighted by Crippen LogP contribution is 2.42. The molecule has 0 saturated carbocycles. The normalized spacial score (nSPS) is 28.9. The molecule has 1 atom stereocenters. The molecule has 0 aliphatic carbocycles. The van der Waals surface area contributed by atoms with E-state index in [4.69, 9.17) is 0 Å². The van der Waals surface area contributed by atoms with Gasteiger partial charge in [-0.15, -0.1) is 0 Å². The summed E-state index contributed by atoms with van der Waals surface area (Å²) in [5.74, 6) is 0. The fourth-order valence-electron chi connectivity index (χ4n) is 1.45. The summed E-state index contributed by atoms with van der Waals surface area (Å²) in [5, 5.41) is 5.10. The zero-order valence-electron chi connectivity index (χ0n) is 7.92. The molecule has 8 heteroatoms. The molecule has 2 aliphatic rings. The molecule has 84 valence electrons. The lowest BCUT2D eigenvalue weighted by atomic mass is 10.1. The average molecular weight is 239 g/mol. The Balaban J connectivity index is 2.29. The molecule has 0 aromatic heterocycles. The SMILES string of the molecule is CC1(C)NC(=O)N2N=C(C(F)(F)F)S[C@H]21. The van der Waals surface area contributed by atoms with E-state index < -0.39 is 28.2 Å². The van der Waals surface area contributed by atoms with Crippen LogP contribution in [-0.4, -0.2) is 33.2 Å². The van der Waals surface area contributed by atoms with E-state index >= 15 is 0 Å². The molecule has 1 N–H and O–H groups in total. The minimum Gasteiger partial charge on any atom is -0.329 e. The topological polar surface area (TPSA) is 44.7 Å². The summed E-state index contributed by atoms with van der Waals surface area (Å²) in [6.07, 6.45) is -4.48. The second kappa shape index (κ2) is 2.81. The van der Waals surface area contributed by atoms with Crippen molar-refractivity contribution in [1.82, 2.24) is 10.3 Å². The largest absolute Gasteiger partial charge is 0.441 e. The molecule has 0 bridgehead atoms. The molecule has 4 nitrogen and oxygen atoms in total. The van der Waals surface area contributed by atoms with Gasteiger partial charge in [0.05, 0.1) is 5.54 Å². The maximum Gasteiger partial charge on any atom is 0.441 e. The van der Waals surface area contributed by atoms with Gasteiger partial charge < -0.3 is 5.32 Å². The van der Waals surface area contributed by atoms with Crippen molar-refractivity contribution < 1.29 is 18.0 Å². The van der Waals surface area contributed by atoms with Gasteiger partial charge in [-0.05, 0) is 13.8 Å². The Hall–Kier alpha value is -0.920. The minimum absolute atomic E-state index is 0.566. The predicted octanol–water partition coefficient (Wildman–Crippen LogP) is 1.74. The van der Waals surface area contributed by atoms with Crippen LogP contribution in [0.25, 0.3) is 0 Å². The monoisotopic (exact) mass is 239 g/mol. The first kappa shape index (κ1) is 10.6. The van der Waals surface area contributed by atoms with Gasteiger partial charge >= 0.3 is 12.2 Å². The van der Waals surface area contributed by atoms with E-state index in [1.54, 1.807) is 13.8 Å². The smallest absolute Gasteiger partial charge is 0.329 e. The van der Waals surface area contributed by atoms with Gasteiger partial charge in [0.15, 0.2) is 0 Å². The Morgan fingerprint density at radius 1 is 1.53 bits per heavy atom. The number of hydrogen-bond donors (Lipinski definition) is 1. The summed E-state index contributed by atoms with van der Waals surface area (Å²) in [5.41, 5.74) is -0.710. The minimum atomic E-state index is -4.48. The molecule has 2 rings (SSSR count).